The van der Waals surface area contributed by atoms with Crippen LogP contribution in [0.25, 0.3) is 11.0 Å². The Morgan fingerprint density at radius 3 is 2.56 bits per heavy atom. The lowest BCUT2D eigenvalue weighted by Crippen LogP contribution is -2.51. The van der Waals surface area contributed by atoms with Crippen LogP contribution in [0.1, 0.15) is 25.1 Å². The van der Waals surface area contributed by atoms with E-state index in [1.807, 2.05) is 19.3 Å². The lowest BCUT2D eigenvalue weighted by Gasteiger charge is -2.31. The highest BCUT2D eigenvalue weighted by Gasteiger charge is 2.61. The lowest BCUT2D eigenvalue weighted by atomic mass is 10.1. The summed E-state index contributed by atoms with van der Waals surface area (Å²) >= 11 is 0. The van der Waals surface area contributed by atoms with Crippen LogP contribution in [0.3, 0.4) is 0 Å². The van der Waals surface area contributed by atoms with Crippen LogP contribution in [0.5, 0.6) is 0 Å². The van der Waals surface area contributed by atoms with Crippen LogP contribution in [0.15, 0.2) is 36.5 Å². The molecule has 2 fully saturated rings. The van der Waals surface area contributed by atoms with Crippen LogP contribution < -0.4 is 9.80 Å². The molecule has 12 heteroatoms. The van der Waals surface area contributed by atoms with Crippen LogP contribution >= 0.6 is 0 Å². The number of carbonyl (C=O) groups is 2. The fourth-order valence-electron chi connectivity index (χ4n) is 4.70. The summed E-state index contributed by atoms with van der Waals surface area (Å²) in [6.45, 7) is 4.59. The molecule has 0 radical (unpaired) electrons. The quantitative estimate of drug-likeness (QED) is 0.546. The standard InChI is InChI=1S/C24H24F3N5O4/c1-12-10-14(24(25,26)27)11-16(28-12)32-17(18-19(22(32)34)36-23(2,3)35-18)21(33)31(5)15-7-6-13-8-9-30(4)20(13)29-15/h6-11,17-19H,1-5H3. The highest BCUT2D eigenvalue weighted by atomic mass is 19.4. The van der Waals surface area contributed by atoms with Gasteiger partial charge in [-0.05, 0) is 51.1 Å². The third kappa shape index (κ3) is 3.90. The average molecular weight is 503 g/mol. The molecule has 0 saturated carbocycles. The van der Waals surface area contributed by atoms with Crippen molar-refractivity contribution < 1.29 is 32.2 Å². The maximum absolute atomic E-state index is 13.9. The lowest BCUT2D eigenvalue weighted by molar-refractivity contribution is -0.161. The van der Waals surface area contributed by atoms with Crippen molar-refractivity contribution in [2.75, 3.05) is 16.8 Å². The number of fused-ring (bicyclic) bond motifs is 2. The fraction of sp³-hybridized carbons (Fsp3) is 0.417. The van der Waals surface area contributed by atoms with Gasteiger partial charge in [0.1, 0.15) is 29.4 Å². The highest BCUT2D eigenvalue weighted by Crippen LogP contribution is 2.41. The van der Waals surface area contributed by atoms with Gasteiger partial charge in [0.25, 0.3) is 11.8 Å². The zero-order valence-electron chi connectivity index (χ0n) is 20.2. The van der Waals surface area contributed by atoms with E-state index < -0.39 is 47.6 Å². The summed E-state index contributed by atoms with van der Waals surface area (Å²) < 4.78 is 54.1. The molecule has 3 unspecified atom stereocenters. The largest absolute Gasteiger partial charge is 0.416 e. The highest BCUT2D eigenvalue weighted by molar-refractivity contribution is 6.11. The van der Waals surface area contributed by atoms with E-state index in [4.69, 9.17) is 9.47 Å². The van der Waals surface area contributed by atoms with E-state index >= 15 is 0 Å². The fourth-order valence-corrected chi connectivity index (χ4v) is 4.70. The van der Waals surface area contributed by atoms with E-state index in [1.54, 1.807) is 30.5 Å². The van der Waals surface area contributed by atoms with E-state index in [0.29, 0.717) is 11.5 Å². The first-order valence-electron chi connectivity index (χ1n) is 11.2. The number of hydrogen-bond acceptors (Lipinski definition) is 6. The molecule has 3 aromatic rings. The molecule has 0 aromatic carbocycles. The second kappa shape index (κ2) is 8.00. The number of hydrogen-bond donors (Lipinski definition) is 0. The third-order valence-corrected chi connectivity index (χ3v) is 6.34. The molecule has 0 N–H and O–H groups in total. The van der Waals surface area contributed by atoms with E-state index in [0.717, 1.165) is 22.4 Å². The Hall–Kier alpha value is -3.51. The number of anilines is 2. The summed E-state index contributed by atoms with van der Waals surface area (Å²) in [7, 11) is 3.30. The Morgan fingerprint density at radius 1 is 1.14 bits per heavy atom. The first kappa shape index (κ1) is 24.2. The maximum Gasteiger partial charge on any atom is 0.416 e. The first-order valence-corrected chi connectivity index (χ1v) is 11.2. The number of rotatable bonds is 3. The van der Waals surface area contributed by atoms with Gasteiger partial charge in [0, 0.05) is 31.4 Å². The van der Waals surface area contributed by atoms with Gasteiger partial charge in [-0.3, -0.25) is 19.4 Å². The van der Waals surface area contributed by atoms with Crippen molar-refractivity contribution in [3.8, 4) is 0 Å². The van der Waals surface area contributed by atoms with Crippen molar-refractivity contribution >= 4 is 34.5 Å². The SMILES string of the molecule is Cc1cc(C(F)(F)F)cc(N2C(=O)C3OC(C)(C)OC3C2C(=O)N(C)c2ccc3ccn(C)c3n2)n1. The number of halogens is 3. The molecule has 2 amide bonds. The van der Waals surface area contributed by atoms with Gasteiger partial charge in [-0.15, -0.1) is 0 Å². The number of carbonyl (C=O) groups excluding carboxylic acids is 2. The van der Waals surface area contributed by atoms with Crippen LogP contribution in [0, 0.1) is 6.92 Å². The summed E-state index contributed by atoms with van der Waals surface area (Å²) in [5.74, 6) is -2.46. The molecule has 0 bridgehead atoms. The van der Waals surface area contributed by atoms with Gasteiger partial charge in [-0.1, -0.05) is 0 Å². The Balaban J connectivity index is 1.58. The summed E-state index contributed by atoms with van der Waals surface area (Å²) in [5, 5.41) is 0.873. The molecule has 3 aromatic heterocycles. The number of aromatic nitrogens is 3. The van der Waals surface area contributed by atoms with E-state index in [9.17, 15) is 22.8 Å². The van der Waals surface area contributed by atoms with Crippen LogP contribution in [0.4, 0.5) is 24.8 Å². The number of aryl methyl sites for hydroxylation is 2. The molecule has 2 saturated heterocycles. The summed E-state index contributed by atoms with van der Waals surface area (Å²) in [6.07, 6.45) is -5.07. The van der Waals surface area contributed by atoms with Crippen molar-refractivity contribution in [3.63, 3.8) is 0 Å². The van der Waals surface area contributed by atoms with Gasteiger partial charge in [-0.25, -0.2) is 9.97 Å². The van der Waals surface area contributed by atoms with Crippen molar-refractivity contribution in [3.05, 3.63) is 47.8 Å². The Labute approximate surface area is 204 Å². The van der Waals surface area contributed by atoms with Crippen molar-refractivity contribution in [1.29, 1.82) is 0 Å². The van der Waals surface area contributed by atoms with Gasteiger partial charge in [-0.2, -0.15) is 13.2 Å². The number of ether oxygens (including phenoxy) is 2. The molecule has 190 valence electrons. The molecule has 5 rings (SSSR count). The predicted molar refractivity (Wildman–Crippen MR) is 123 cm³/mol. The van der Waals surface area contributed by atoms with Gasteiger partial charge >= 0.3 is 6.18 Å². The zero-order chi connectivity index (χ0) is 26.2. The molecule has 5 heterocycles. The second-order valence-electron chi connectivity index (χ2n) is 9.43. The average Bonchev–Trinajstić information content (AvgIpc) is 3.40. The molecule has 0 spiro atoms. The third-order valence-electron chi connectivity index (χ3n) is 6.34. The zero-order valence-corrected chi connectivity index (χ0v) is 20.2. The van der Waals surface area contributed by atoms with Crippen molar-refractivity contribution in [1.82, 2.24) is 14.5 Å². The molecule has 2 aliphatic heterocycles. The number of alkyl halides is 3. The van der Waals surface area contributed by atoms with E-state index in [2.05, 4.69) is 9.97 Å². The monoisotopic (exact) mass is 503 g/mol. The summed E-state index contributed by atoms with van der Waals surface area (Å²) in [4.78, 5) is 38.2. The Morgan fingerprint density at radius 2 is 1.86 bits per heavy atom. The van der Waals surface area contributed by atoms with Crippen molar-refractivity contribution in [2.24, 2.45) is 7.05 Å². The van der Waals surface area contributed by atoms with Gasteiger partial charge in [0.2, 0.25) is 0 Å². The van der Waals surface area contributed by atoms with Crippen LogP contribution in [-0.2, 0) is 32.3 Å². The normalized spacial score (nSPS) is 23.4. The smallest absolute Gasteiger partial charge is 0.341 e. The maximum atomic E-state index is 13.9. The van der Waals surface area contributed by atoms with Gasteiger partial charge in [0.15, 0.2) is 11.9 Å². The summed E-state index contributed by atoms with van der Waals surface area (Å²) in [6, 6.07) is 5.65. The number of amides is 2. The minimum absolute atomic E-state index is 0.0437. The summed E-state index contributed by atoms with van der Waals surface area (Å²) in [5.41, 5.74) is -0.296. The second-order valence-corrected chi connectivity index (χ2v) is 9.43. The van der Waals surface area contributed by atoms with Gasteiger partial charge in [0.05, 0.1) is 5.56 Å². The van der Waals surface area contributed by atoms with Crippen LogP contribution in [0.2, 0.25) is 0 Å². The molecule has 2 aliphatic rings. The minimum atomic E-state index is -4.67. The first-order chi connectivity index (χ1) is 16.8. The van der Waals surface area contributed by atoms with Crippen LogP contribution in [-0.4, -0.2) is 57.4 Å². The molecule has 36 heavy (non-hydrogen) atoms. The minimum Gasteiger partial charge on any atom is -0.341 e. The van der Waals surface area contributed by atoms with E-state index in [-0.39, 0.29) is 11.5 Å². The molecular weight excluding hydrogens is 479 g/mol. The molecular formula is C24H24F3N5O4. The Bertz CT molecular complexity index is 1390. The van der Waals surface area contributed by atoms with Gasteiger partial charge < -0.3 is 14.0 Å². The molecule has 0 aliphatic carbocycles. The number of nitrogens with zero attached hydrogens (tertiary/aromatic N) is 5. The molecule has 3 atom stereocenters. The van der Waals surface area contributed by atoms with E-state index in [1.165, 1.54) is 18.9 Å². The number of pyridine rings is 2. The van der Waals surface area contributed by atoms with Crippen molar-refractivity contribution in [2.45, 2.75) is 51.0 Å². The number of likely N-dealkylation sites (N-methyl/N-ethyl adjacent to an activating group) is 1. The topological polar surface area (TPSA) is 89.8 Å². The predicted octanol–water partition coefficient (Wildman–Crippen LogP) is 3.19. The molecule has 9 nitrogen and oxygen atoms in total. The Kier molecular flexibility index (Phi) is 5.38.